The van der Waals surface area contributed by atoms with Gasteiger partial charge < -0.3 is 16.6 Å². The summed E-state index contributed by atoms with van der Waals surface area (Å²) in [4.78, 5) is 28.6. The van der Waals surface area contributed by atoms with Gasteiger partial charge in [0, 0.05) is 0 Å². The second-order valence-electron chi connectivity index (χ2n) is 1.95. The van der Waals surface area contributed by atoms with Gasteiger partial charge in [0.15, 0.2) is 0 Å². The van der Waals surface area contributed by atoms with Crippen LogP contribution < -0.4 is 11.5 Å². The third-order valence-corrected chi connectivity index (χ3v) is 0.836. The molecule has 0 unspecified atom stereocenters. The van der Waals surface area contributed by atoms with Crippen LogP contribution in [0.25, 0.3) is 0 Å². The molecule has 0 aromatic rings. The van der Waals surface area contributed by atoms with Gasteiger partial charge >= 0.3 is 0 Å². The number of rotatable bonds is 4. The summed E-state index contributed by atoms with van der Waals surface area (Å²) >= 11 is 0. The molecule has 0 atom stereocenters. The molecule has 0 aromatic carbocycles. The van der Waals surface area contributed by atoms with Gasteiger partial charge in [-0.25, -0.2) is 0 Å². The normalized spacial score (nSPS) is 9.43. The van der Waals surface area contributed by atoms with Crippen molar-refractivity contribution < 1.29 is 19.5 Å². The number of carboxylic acid groups (broad SMARTS) is 1. The van der Waals surface area contributed by atoms with Crippen LogP contribution in [0.3, 0.4) is 0 Å². The van der Waals surface area contributed by atoms with Crippen LogP contribution in [0.5, 0.6) is 0 Å². The third-order valence-electron chi connectivity index (χ3n) is 0.836. The molecule has 5 N–H and O–H groups in total. The Labute approximate surface area is 80.9 Å². The zero-order chi connectivity index (χ0) is 11.4. The van der Waals surface area contributed by atoms with E-state index in [1.807, 2.05) is 0 Å². The number of hydrogen-bond acceptors (Lipinski definition) is 3. The van der Waals surface area contributed by atoms with Crippen molar-refractivity contribution in [2.24, 2.45) is 11.5 Å². The van der Waals surface area contributed by atoms with Crippen LogP contribution in [-0.2, 0) is 14.4 Å². The molecule has 0 saturated carbocycles. The van der Waals surface area contributed by atoms with E-state index in [2.05, 4.69) is 0 Å². The number of primary amides is 2. The average Bonchev–Trinajstić information content (AvgIpc) is 2.04. The van der Waals surface area contributed by atoms with Crippen molar-refractivity contribution in [2.45, 2.75) is 6.42 Å². The summed E-state index contributed by atoms with van der Waals surface area (Å²) in [5.74, 6) is -1.00. The SMILES string of the molecule is NC(=O)C=CCC=CC(N)=O.O=CO. The van der Waals surface area contributed by atoms with Crippen LogP contribution in [0.1, 0.15) is 6.42 Å². The van der Waals surface area contributed by atoms with E-state index in [9.17, 15) is 9.59 Å². The topological polar surface area (TPSA) is 123 Å². The van der Waals surface area contributed by atoms with E-state index >= 15 is 0 Å². The van der Waals surface area contributed by atoms with E-state index in [1.165, 1.54) is 12.2 Å². The third kappa shape index (κ3) is 22.5. The zero-order valence-corrected chi connectivity index (χ0v) is 7.42. The number of allylic oxidation sites excluding steroid dienone is 2. The highest BCUT2D eigenvalue weighted by atomic mass is 16.3. The first-order valence-corrected chi connectivity index (χ1v) is 3.54. The second-order valence-corrected chi connectivity index (χ2v) is 1.95. The number of carbonyl (C=O) groups is 3. The fraction of sp³-hybridized carbons (Fsp3) is 0.125. The minimum Gasteiger partial charge on any atom is -0.483 e. The van der Waals surface area contributed by atoms with Crippen molar-refractivity contribution in [2.75, 3.05) is 0 Å². The smallest absolute Gasteiger partial charge is 0.290 e. The van der Waals surface area contributed by atoms with Crippen molar-refractivity contribution >= 4 is 18.3 Å². The standard InChI is InChI=1S/C7H10N2O2.CH2O2/c8-6(10)4-2-1-3-5-7(9)11;2-1-3/h2-5H,1H2,(H2,8,10)(H2,9,11);1H,(H,2,3). The van der Waals surface area contributed by atoms with Crippen LogP contribution >= 0.6 is 0 Å². The Kier molecular flexibility index (Phi) is 11.2. The van der Waals surface area contributed by atoms with Gasteiger partial charge in [0.1, 0.15) is 0 Å². The zero-order valence-electron chi connectivity index (χ0n) is 7.42. The fourth-order valence-electron chi connectivity index (χ4n) is 0.447. The molecular formula is C8H12N2O4. The molecule has 6 heteroatoms. The molecule has 0 radical (unpaired) electrons. The van der Waals surface area contributed by atoms with Crippen molar-refractivity contribution in [3.63, 3.8) is 0 Å². The Bertz CT molecular complexity index is 224. The van der Waals surface area contributed by atoms with E-state index in [-0.39, 0.29) is 6.47 Å². The first-order chi connectivity index (χ1) is 6.54. The Hall–Kier alpha value is -2.11. The molecule has 0 saturated heterocycles. The first-order valence-electron chi connectivity index (χ1n) is 3.54. The van der Waals surface area contributed by atoms with E-state index in [4.69, 9.17) is 21.4 Å². The molecule has 0 heterocycles. The summed E-state index contributed by atoms with van der Waals surface area (Å²) in [6.07, 6.45) is 6.02. The summed E-state index contributed by atoms with van der Waals surface area (Å²) in [6.45, 7) is -0.250. The van der Waals surface area contributed by atoms with Crippen LogP contribution in [0, 0.1) is 0 Å². The maximum atomic E-state index is 10.1. The molecular weight excluding hydrogens is 188 g/mol. The number of hydrogen-bond donors (Lipinski definition) is 3. The van der Waals surface area contributed by atoms with E-state index in [0.717, 1.165) is 0 Å². The molecule has 78 valence electrons. The van der Waals surface area contributed by atoms with Crippen molar-refractivity contribution in [3.8, 4) is 0 Å². The Balaban J connectivity index is 0. The van der Waals surface area contributed by atoms with Gasteiger partial charge in [0.2, 0.25) is 11.8 Å². The maximum absolute atomic E-state index is 10.1. The molecule has 0 aromatic heterocycles. The van der Waals surface area contributed by atoms with Gasteiger partial charge in [-0.3, -0.25) is 14.4 Å². The lowest BCUT2D eigenvalue weighted by Crippen LogP contribution is -2.05. The Morgan fingerprint density at radius 2 is 1.36 bits per heavy atom. The molecule has 2 amide bonds. The summed E-state index contributed by atoms with van der Waals surface area (Å²) in [7, 11) is 0. The number of nitrogens with two attached hydrogens (primary N) is 2. The van der Waals surface area contributed by atoms with Crippen LogP contribution in [-0.4, -0.2) is 23.4 Å². The second kappa shape index (κ2) is 10.9. The summed E-state index contributed by atoms with van der Waals surface area (Å²) in [6, 6.07) is 0. The maximum Gasteiger partial charge on any atom is 0.290 e. The van der Waals surface area contributed by atoms with Gasteiger partial charge in [-0.05, 0) is 18.6 Å². The number of amides is 2. The van der Waals surface area contributed by atoms with Crippen molar-refractivity contribution in [1.29, 1.82) is 0 Å². The fourth-order valence-corrected chi connectivity index (χ4v) is 0.447. The van der Waals surface area contributed by atoms with Gasteiger partial charge in [-0.2, -0.15) is 0 Å². The van der Waals surface area contributed by atoms with Gasteiger partial charge in [0.05, 0.1) is 0 Å². The lowest BCUT2D eigenvalue weighted by Gasteiger charge is -1.80. The van der Waals surface area contributed by atoms with Gasteiger partial charge in [-0.15, -0.1) is 0 Å². The van der Waals surface area contributed by atoms with Crippen molar-refractivity contribution in [3.05, 3.63) is 24.3 Å². The lowest BCUT2D eigenvalue weighted by atomic mass is 10.3. The van der Waals surface area contributed by atoms with Crippen LogP contribution in [0.4, 0.5) is 0 Å². The molecule has 0 rings (SSSR count). The average molecular weight is 200 g/mol. The van der Waals surface area contributed by atoms with Crippen LogP contribution in [0.2, 0.25) is 0 Å². The molecule has 0 fully saturated rings. The highest BCUT2D eigenvalue weighted by molar-refractivity contribution is 5.86. The predicted molar refractivity (Wildman–Crippen MR) is 50.0 cm³/mol. The molecule has 0 aliphatic rings. The minimum atomic E-state index is -0.502. The Morgan fingerprint density at radius 3 is 1.57 bits per heavy atom. The summed E-state index contributed by atoms with van der Waals surface area (Å²) in [5, 5.41) is 6.89. The first kappa shape index (κ1) is 14.4. The molecule has 0 spiro atoms. The predicted octanol–water partition coefficient (Wildman–Crippen LogP) is -0.840. The molecule has 6 nitrogen and oxygen atoms in total. The lowest BCUT2D eigenvalue weighted by molar-refractivity contribution is -0.123. The van der Waals surface area contributed by atoms with E-state index in [1.54, 1.807) is 12.2 Å². The van der Waals surface area contributed by atoms with Crippen molar-refractivity contribution in [1.82, 2.24) is 0 Å². The Morgan fingerprint density at radius 1 is 1.07 bits per heavy atom. The summed E-state index contributed by atoms with van der Waals surface area (Å²) < 4.78 is 0. The molecule has 14 heavy (non-hydrogen) atoms. The highest BCUT2D eigenvalue weighted by Crippen LogP contribution is 1.84. The van der Waals surface area contributed by atoms with E-state index in [0.29, 0.717) is 6.42 Å². The van der Waals surface area contributed by atoms with Gasteiger partial charge in [0.25, 0.3) is 6.47 Å². The monoisotopic (exact) mass is 200 g/mol. The summed E-state index contributed by atoms with van der Waals surface area (Å²) in [5.41, 5.74) is 9.59. The molecule has 0 aliphatic carbocycles. The highest BCUT2D eigenvalue weighted by Gasteiger charge is 1.81. The minimum absolute atomic E-state index is 0.250. The number of carbonyl (C=O) groups excluding carboxylic acids is 2. The largest absolute Gasteiger partial charge is 0.483 e. The van der Waals surface area contributed by atoms with Gasteiger partial charge in [-0.1, -0.05) is 12.2 Å². The molecule has 0 aliphatic heterocycles. The van der Waals surface area contributed by atoms with E-state index < -0.39 is 11.8 Å². The molecule has 0 bridgehead atoms. The van der Waals surface area contributed by atoms with Crippen LogP contribution in [0.15, 0.2) is 24.3 Å². The quantitative estimate of drug-likeness (QED) is 0.404.